The van der Waals surface area contributed by atoms with Crippen LogP contribution in [0.4, 0.5) is 5.69 Å². The van der Waals surface area contributed by atoms with Crippen molar-refractivity contribution in [2.75, 3.05) is 0 Å². The van der Waals surface area contributed by atoms with E-state index in [9.17, 15) is 10.1 Å². The van der Waals surface area contributed by atoms with Gasteiger partial charge in [0.2, 0.25) is 0 Å². The highest BCUT2D eigenvalue weighted by atomic mass is 16.6. The average Bonchev–Trinajstić information content (AvgIpc) is 2.20. The molecule has 0 aliphatic heterocycles. The Morgan fingerprint density at radius 2 is 2.00 bits per heavy atom. The molecule has 0 heterocycles. The van der Waals surface area contributed by atoms with Crippen LogP contribution < -0.4 is 5.46 Å². The summed E-state index contributed by atoms with van der Waals surface area (Å²) in [6.45, 7) is 4.65. The standard InChI is InChI=1S/C10H14BNO2/c1-3-11(4-2)9-6-5-7-10(8-9)12(13)14/h5-8H,3-4H2,1-2H3. The molecule has 0 radical (unpaired) electrons. The minimum absolute atomic E-state index is 0.189. The molecule has 0 spiro atoms. The predicted octanol–water partition coefficient (Wildman–Crippen LogP) is 2.34. The number of rotatable bonds is 4. The lowest BCUT2D eigenvalue weighted by atomic mass is 9.41. The quantitative estimate of drug-likeness (QED) is 0.416. The van der Waals surface area contributed by atoms with E-state index in [0.717, 1.165) is 18.1 Å². The van der Waals surface area contributed by atoms with Gasteiger partial charge in [0, 0.05) is 12.1 Å². The molecule has 0 aliphatic carbocycles. The van der Waals surface area contributed by atoms with Gasteiger partial charge in [-0.1, -0.05) is 44.1 Å². The van der Waals surface area contributed by atoms with Crippen molar-refractivity contribution >= 4 is 17.9 Å². The van der Waals surface area contributed by atoms with Crippen LogP contribution >= 0.6 is 0 Å². The van der Waals surface area contributed by atoms with E-state index < -0.39 is 0 Å². The topological polar surface area (TPSA) is 43.1 Å². The van der Waals surface area contributed by atoms with Gasteiger partial charge < -0.3 is 0 Å². The van der Waals surface area contributed by atoms with Crippen LogP contribution in [0.2, 0.25) is 12.6 Å². The van der Waals surface area contributed by atoms with E-state index in [4.69, 9.17) is 0 Å². The van der Waals surface area contributed by atoms with Crippen molar-refractivity contribution in [2.24, 2.45) is 0 Å². The first-order chi connectivity index (χ1) is 6.69. The molecule has 0 saturated carbocycles. The van der Waals surface area contributed by atoms with Gasteiger partial charge in [0.25, 0.3) is 5.69 Å². The molecule has 0 unspecified atom stereocenters. The Morgan fingerprint density at radius 1 is 1.36 bits per heavy atom. The molecular weight excluding hydrogens is 177 g/mol. The molecule has 0 N–H and O–H groups in total. The van der Waals surface area contributed by atoms with Crippen LogP contribution in [0.15, 0.2) is 24.3 Å². The van der Waals surface area contributed by atoms with Crippen LogP contribution in [0.3, 0.4) is 0 Å². The first-order valence-corrected chi connectivity index (χ1v) is 4.93. The molecule has 4 heteroatoms. The molecule has 74 valence electrons. The van der Waals surface area contributed by atoms with Crippen LogP contribution in [-0.4, -0.2) is 11.6 Å². The van der Waals surface area contributed by atoms with Crippen LogP contribution in [0.5, 0.6) is 0 Å². The molecule has 0 aromatic heterocycles. The first-order valence-electron chi connectivity index (χ1n) is 4.93. The Morgan fingerprint density at radius 3 is 2.50 bits per heavy atom. The van der Waals surface area contributed by atoms with Gasteiger partial charge in [0.15, 0.2) is 6.71 Å². The molecule has 0 amide bonds. The highest BCUT2D eigenvalue weighted by Crippen LogP contribution is 2.09. The molecule has 3 nitrogen and oxygen atoms in total. The molecule has 1 rings (SSSR count). The zero-order valence-electron chi connectivity index (χ0n) is 8.56. The Balaban J connectivity index is 2.98. The van der Waals surface area contributed by atoms with E-state index in [1.807, 2.05) is 6.07 Å². The van der Waals surface area contributed by atoms with Gasteiger partial charge in [-0.2, -0.15) is 0 Å². The fourth-order valence-corrected chi connectivity index (χ4v) is 1.65. The number of nitro groups is 1. The van der Waals surface area contributed by atoms with Gasteiger partial charge in [-0.3, -0.25) is 10.1 Å². The van der Waals surface area contributed by atoms with Crippen LogP contribution in [0.1, 0.15) is 13.8 Å². The third kappa shape index (κ3) is 2.34. The lowest BCUT2D eigenvalue weighted by Crippen LogP contribution is -2.27. The van der Waals surface area contributed by atoms with Crippen molar-refractivity contribution in [3.8, 4) is 0 Å². The van der Waals surface area contributed by atoms with Gasteiger partial charge in [-0.15, -0.1) is 0 Å². The molecular formula is C10H14BNO2. The maximum Gasteiger partial charge on any atom is 0.268 e. The van der Waals surface area contributed by atoms with Crippen molar-refractivity contribution in [2.45, 2.75) is 26.5 Å². The minimum atomic E-state index is -0.341. The fraction of sp³-hybridized carbons (Fsp3) is 0.400. The monoisotopic (exact) mass is 191 g/mol. The highest BCUT2D eigenvalue weighted by Gasteiger charge is 2.14. The van der Waals surface area contributed by atoms with E-state index >= 15 is 0 Å². The number of hydrogen-bond acceptors (Lipinski definition) is 2. The van der Waals surface area contributed by atoms with Gasteiger partial charge >= 0.3 is 0 Å². The summed E-state index contributed by atoms with van der Waals surface area (Å²) in [5.74, 6) is 0. The zero-order chi connectivity index (χ0) is 10.6. The van der Waals surface area contributed by atoms with Gasteiger partial charge in [0.05, 0.1) is 4.92 Å². The summed E-state index contributed by atoms with van der Waals surface area (Å²) >= 11 is 0. The third-order valence-electron chi connectivity index (χ3n) is 2.54. The second-order valence-corrected chi connectivity index (χ2v) is 3.37. The number of non-ortho nitro benzene ring substituents is 1. The SMILES string of the molecule is CCB(CC)c1cccc([N+](=O)[O-])c1. The van der Waals surface area contributed by atoms with E-state index in [0.29, 0.717) is 6.71 Å². The van der Waals surface area contributed by atoms with Gasteiger partial charge in [-0.25, -0.2) is 0 Å². The van der Waals surface area contributed by atoms with Crippen LogP contribution in [-0.2, 0) is 0 Å². The van der Waals surface area contributed by atoms with Crippen LogP contribution in [0.25, 0.3) is 0 Å². The largest absolute Gasteiger partial charge is 0.268 e. The second kappa shape index (κ2) is 4.79. The number of nitrogens with zero attached hydrogens (tertiary/aromatic N) is 1. The third-order valence-corrected chi connectivity index (χ3v) is 2.54. The summed E-state index contributed by atoms with van der Waals surface area (Å²) in [6.07, 6.45) is 2.05. The first kappa shape index (κ1) is 10.8. The minimum Gasteiger partial charge on any atom is -0.258 e. The van der Waals surface area contributed by atoms with Crippen molar-refractivity contribution in [3.05, 3.63) is 34.4 Å². The smallest absolute Gasteiger partial charge is 0.258 e. The Hall–Kier alpha value is -1.32. The number of nitro benzene ring substituents is 1. The number of benzene rings is 1. The number of hydrogen-bond donors (Lipinski definition) is 0. The molecule has 14 heavy (non-hydrogen) atoms. The zero-order valence-corrected chi connectivity index (χ0v) is 8.56. The maximum atomic E-state index is 10.6. The van der Waals surface area contributed by atoms with E-state index in [1.54, 1.807) is 12.1 Å². The lowest BCUT2D eigenvalue weighted by molar-refractivity contribution is -0.384. The Kier molecular flexibility index (Phi) is 3.68. The molecule has 1 aromatic carbocycles. The summed E-state index contributed by atoms with van der Waals surface area (Å²) in [5, 5.41) is 10.6. The molecule has 0 aliphatic rings. The average molecular weight is 191 g/mol. The van der Waals surface area contributed by atoms with E-state index in [1.165, 1.54) is 6.07 Å². The highest BCUT2D eigenvalue weighted by molar-refractivity contribution is 6.73. The van der Waals surface area contributed by atoms with Crippen molar-refractivity contribution in [1.82, 2.24) is 0 Å². The van der Waals surface area contributed by atoms with Crippen molar-refractivity contribution in [1.29, 1.82) is 0 Å². The molecule has 0 saturated heterocycles. The lowest BCUT2D eigenvalue weighted by Gasteiger charge is -2.07. The molecule has 1 aromatic rings. The Bertz CT molecular complexity index is 324. The summed E-state index contributed by atoms with van der Waals surface area (Å²) in [6, 6.07) is 6.93. The van der Waals surface area contributed by atoms with E-state index in [2.05, 4.69) is 13.8 Å². The summed E-state index contributed by atoms with van der Waals surface area (Å²) in [5.41, 5.74) is 1.26. The second-order valence-electron chi connectivity index (χ2n) is 3.37. The summed E-state index contributed by atoms with van der Waals surface area (Å²) in [7, 11) is 0. The maximum absolute atomic E-state index is 10.6. The Labute approximate surface area is 84.4 Å². The van der Waals surface area contributed by atoms with Crippen molar-refractivity contribution in [3.63, 3.8) is 0 Å². The summed E-state index contributed by atoms with van der Waals surface area (Å²) in [4.78, 5) is 10.2. The van der Waals surface area contributed by atoms with Crippen molar-refractivity contribution < 1.29 is 4.92 Å². The van der Waals surface area contributed by atoms with Gasteiger partial charge in [0.1, 0.15) is 0 Å². The van der Waals surface area contributed by atoms with E-state index in [-0.39, 0.29) is 10.6 Å². The van der Waals surface area contributed by atoms with Crippen LogP contribution in [0, 0.1) is 10.1 Å². The molecule has 0 bridgehead atoms. The van der Waals surface area contributed by atoms with Gasteiger partial charge in [-0.05, 0) is 0 Å². The predicted molar refractivity (Wildman–Crippen MR) is 59.4 cm³/mol. The molecule has 0 atom stereocenters. The molecule has 0 fully saturated rings. The fourth-order valence-electron chi connectivity index (χ4n) is 1.65. The summed E-state index contributed by atoms with van der Waals surface area (Å²) < 4.78 is 0. The normalized spacial score (nSPS) is 9.86.